The van der Waals surface area contributed by atoms with Crippen molar-refractivity contribution in [3.8, 4) is 0 Å². The molecular weight excluding hydrogens is 328 g/mol. The maximum Gasteiger partial charge on any atom is 0.338 e. The average Bonchev–Trinajstić information content (AvgIpc) is 2.70. The molecule has 0 aliphatic heterocycles. The number of hydrogen-bond acceptors (Lipinski definition) is 4. The zero-order valence-corrected chi connectivity index (χ0v) is 15.6. The molecule has 26 heavy (non-hydrogen) atoms. The van der Waals surface area contributed by atoms with Crippen molar-refractivity contribution in [3.05, 3.63) is 71.8 Å². The molecule has 0 spiro atoms. The van der Waals surface area contributed by atoms with Crippen molar-refractivity contribution >= 4 is 11.9 Å². The first-order chi connectivity index (χ1) is 12.6. The second-order valence-corrected chi connectivity index (χ2v) is 6.30. The Kier molecular flexibility index (Phi) is 7.39. The van der Waals surface area contributed by atoms with Crippen LogP contribution in [0.4, 0.5) is 0 Å². The van der Waals surface area contributed by atoms with E-state index >= 15 is 0 Å². The molecule has 0 aliphatic rings. The van der Waals surface area contributed by atoms with Crippen molar-refractivity contribution in [1.82, 2.24) is 0 Å². The normalized spacial score (nSPS) is 14.1. The van der Waals surface area contributed by atoms with Gasteiger partial charge < -0.3 is 9.47 Å². The minimum Gasteiger partial charge on any atom is -0.458 e. The number of ether oxygens (including phenoxy) is 2. The van der Waals surface area contributed by atoms with Crippen LogP contribution in [0.3, 0.4) is 0 Å². The first-order valence-corrected chi connectivity index (χ1v) is 9.08. The highest BCUT2D eigenvalue weighted by Crippen LogP contribution is 2.23. The summed E-state index contributed by atoms with van der Waals surface area (Å²) in [4.78, 5) is 24.7. The van der Waals surface area contributed by atoms with Gasteiger partial charge in [-0.15, -0.1) is 0 Å². The van der Waals surface area contributed by atoms with Gasteiger partial charge >= 0.3 is 11.9 Å². The molecule has 2 aromatic rings. The van der Waals surface area contributed by atoms with Gasteiger partial charge in [0.2, 0.25) is 0 Å². The van der Waals surface area contributed by atoms with Gasteiger partial charge in [-0.1, -0.05) is 57.2 Å². The van der Waals surface area contributed by atoms with Gasteiger partial charge in [0.1, 0.15) is 12.2 Å². The number of esters is 2. The highest BCUT2D eigenvalue weighted by atomic mass is 16.6. The summed E-state index contributed by atoms with van der Waals surface area (Å²) in [6.07, 6.45) is 0.658. The molecule has 3 atom stereocenters. The number of hydrogen-bond donors (Lipinski definition) is 0. The molecule has 2 rings (SSSR count). The molecule has 0 bridgehead atoms. The fourth-order valence-corrected chi connectivity index (χ4v) is 2.92. The zero-order chi connectivity index (χ0) is 18.9. The van der Waals surface area contributed by atoms with Crippen molar-refractivity contribution < 1.29 is 19.1 Å². The first kappa shape index (κ1) is 19.7. The van der Waals surface area contributed by atoms with E-state index in [1.54, 1.807) is 48.5 Å². The Morgan fingerprint density at radius 3 is 1.38 bits per heavy atom. The molecule has 0 amide bonds. The van der Waals surface area contributed by atoms with Crippen LogP contribution in [0, 0.1) is 5.92 Å². The van der Waals surface area contributed by atoms with E-state index < -0.39 is 0 Å². The third-order valence-corrected chi connectivity index (χ3v) is 4.51. The molecular formula is C22H26O4. The van der Waals surface area contributed by atoms with Crippen LogP contribution < -0.4 is 0 Å². The van der Waals surface area contributed by atoms with Crippen LogP contribution in [0.2, 0.25) is 0 Å². The fourth-order valence-electron chi connectivity index (χ4n) is 2.92. The van der Waals surface area contributed by atoms with Gasteiger partial charge in [-0.3, -0.25) is 0 Å². The summed E-state index contributed by atoms with van der Waals surface area (Å²) in [5, 5.41) is 0. The van der Waals surface area contributed by atoms with Crippen LogP contribution in [0.15, 0.2) is 60.7 Å². The van der Waals surface area contributed by atoms with Gasteiger partial charge in [0.15, 0.2) is 0 Å². The maximum atomic E-state index is 12.3. The SMILES string of the molecule is CC[C@H](OC(=O)c1ccccc1)C(C)[C@@H](CC)OC(=O)c1ccccc1. The second kappa shape index (κ2) is 9.76. The summed E-state index contributed by atoms with van der Waals surface area (Å²) in [5.74, 6) is -0.813. The second-order valence-electron chi connectivity index (χ2n) is 6.30. The minimum absolute atomic E-state index is 0.106. The van der Waals surface area contributed by atoms with Crippen molar-refractivity contribution in [2.24, 2.45) is 5.92 Å². The van der Waals surface area contributed by atoms with Crippen molar-refractivity contribution in [1.29, 1.82) is 0 Å². The Morgan fingerprint density at radius 1 is 0.731 bits per heavy atom. The molecule has 4 nitrogen and oxygen atoms in total. The third kappa shape index (κ3) is 5.19. The van der Waals surface area contributed by atoms with Crippen molar-refractivity contribution in [2.75, 3.05) is 0 Å². The molecule has 0 fully saturated rings. The molecule has 0 aromatic heterocycles. The lowest BCUT2D eigenvalue weighted by Gasteiger charge is -2.29. The highest BCUT2D eigenvalue weighted by Gasteiger charge is 2.29. The van der Waals surface area contributed by atoms with Crippen LogP contribution in [0.5, 0.6) is 0 Å². The third-order valence-electron chi connectivity index (χ3n) is 4.51. The molecule has 0 saturated heterocycles. The zero-order valence-electron chi connectivity index (χ0n) is 15.6. The van der Waals surface area contributed by atoms with E-state index in [4.69, 9.17) is 9.47 Å². The summed E-state index contributed by atoms with van der Waals surface area (Å²) in [7, 11) is 0. The fraction of sp³-hybridized carbons (Fsp3) is 0.364. The van der Waals surface area contributed by atoms with Crippen molar-refractivity contribution in [2.45, 2.75) is 45.8 Å². The van der Waals surface area contributed by atoms with E-state index in [2.05, 4.69) is 0 Å². The first-order valence-electron chi connectivity index (χ1n) is 9.08. The summed E-state index contributed by atoms with van der Waals surface area (Å²) >= 11 is 0. The molecule has 0 N–H and O–H groups in total. The quantitative estimate of drug-likeness (QED) is 0.633. The monoisotopic (exact) mass is 354 g/mol. The Bertz CT molecular complexity index is 635. The topological polar surface area (TPSA) is 52.6 Å². The maximum absolute atomic E-state index is 12.3. The Hall–Kier alpha value is -2.62. The molecule has 0 radical (unpaired) electrons. The summed E-state index contributed by atoms with van der Waals surface area (Å²) in [6.45, 7) is 5.88. The van der Waals surface area contributed by atoms with Gasteiger partial charge in [-0.05, 0) is 37.1 Å². The predicted molar refractivity (Wildman–Crippen MR) is 101 cm³/mol. The van der Waals surface area contributed by atoms with Crippen LogP contribution in [0.25, 0.3) is 0 Å². The molecule has 138 valence electrons. The van der Waals surface area contributed by atoms with Crippen molar-refractivity contribution in [3.63, 3.8) is 0 Å². The number of rotatable bonds is 8. The van der Waals surface area contributed by atoms with Crippen LogP contribution in [-0.4, -0.2) is 24.1 Å². The van der Waals surface area contributed by atoms with E-state index in [1.807, 2.05) is 32.9 Å². The van der Waals surface area contributed by atoms with E-state index in [9.17, 15) is 9.59 Å². The Labute approximate surface area is 155 Å². The average molecular weight is 354 g/mol. The van der Waals surface area contributed by atoms with Crippen LogP contribution in [0.1, 0.15) is 54.3 Å². The molecule has 0 saturated carbocycles. The summed E-state index contributed by atoms with van der Waals surface area (Å²) in [6, 6.07) is 17.8. The summed E-state index contributed by atoms with van der Waals surface area (Å²) < 4.78 is 11.4. The standard InChI is InChI=1S/C22H26O4/c1-4-19(25-21(23)17-12-8-6-9-13-17)16(3)20(5-2)26-22(24)18-14-10-7-11-15-18/h6-16,19-20H,4-5H2,1-3H3/t16?,19-,20+. The van der Waals surface area contributed by atoms with E-state index in [0.29, 0.717) is 24.0 Å². The smallest absolute Gasteiger partial charge is 0.338 e. The lowest BCUT2D eigenvalue weighted by molar-refractivity contribution is -0.0299. The van der Waals surface area contributed by atoms with E-state index in [0.717, 1.165) is 0 Å². The largest absolute Gasteiger partial charge is 0.458 e. The Balaban J connectivity index is 2.03. The van der Waals surface area contributed by atoms with E-state index in [-0.39, 0.29) is 30.1 Å². The van der Waals surface area contributed by atoms with Crippen LogP contribution >= 0.6 is 0 Å². The highest BCUT2D eigenvalue weighted by molar-refractivity contribution is 5.90. The lowest BCUT2D eigenvalue weighted by Crippen LogP contribution is -2.35. The van der Waals surface area contributed by atoms with Gasteiger partial charge in [0.05, 0.1) is 11.1 Å². The molecule has 0 heterocycles. The molecule has 0 aliphatic carbocycles. The van der Waals surface area contributed by atoms with Crippen LogP contribution in [-0.2, 0) is 9.47 Å². The van der Waals surface area contributed by atoms with Gasteiger partial charge in [0.25, 0.3) is 0 Å². The van der Waals surface area contributed by atoms with Gasteiger partial charge in [-0.25, -0.2) is 9.59 Å². The van der Waals surface area contributed by atoms with Gasteiger partial charge in [-0.2, -0.15) is 0 Å². The number of benzene rings is 2. The number of carbonyl (C=O) groups excluding carboxylic acids is 2. The minimum atomic E-state index is -0.353. The number of carbonyl (C=O) groups is 2. The molecule has 2 aromatic carbocycles. The molecule has 1 unspecified atom stereocenters. The lowest BCUT2D eigenvalue weighted by atomic mass is 9.94. The van der Waals surface area contributed by atoms with E-state index in [1.165, 1.54) is 0 Å². The summed E-state index contributed by atoms with van der Waals surface area (Å²) in [5.41, 5.74) is 1.04. The predicted octanol–water partition coefficient (Wildman–Crippen LogP) is 4.89. The Morgan fingerprint density at radius 2 is 1.08 bits per heavy atom. The molecule has 4 heteroatoms. The van der Waals surface area contributed by atoms with Gasteiger partial charge in [0, 0.05) is 5.92 Å².